The molecule has 1 aliphatic rings. The molecule has 5 rings (SSSR count). The number of hydrogen-bond donors (Lipinski definition) is 1. The predicted molar refractivity (Wildman–Crippen MR) is 99.3 cm³/mol. The summed E-state index contributed by atoms with van der Waals surface area (Å²) in [6.07, 6.45) is 1.83. The van der Waals surface area contributed by atoms with Crippen LogP contribution in [-0.4, -0.2) is 22.3 Å². The standard InChI is InChI=1S/C20H16BN2O2/c1-20(2)15-7-3-4-8-17(15)23-18-14(13-6-5-9-22-19(13)23)10-12(25-21-24)11-16(18)20/h3-11,24H,1-2H3. The molecule has 1 radical (unpaired) electrons. The Morgan fingerprint density at radius 2 is 1.88 bits per heavy atom. The zero-order chi connectivity index (χ0) is 17.2. The summed E-state index contributed by atoms with van der Waals surface area (Å²) in [5.41, 5.74) is 5.49. The molecule has 0 unspecified atom stereocenters. The van der Waals surface area contributed by atoms with Crippen molar-refractivity contribution in [3.05, 3.63) is 65.9 Å². The Morgan fingerprint density at radius 3 is 2.72 bits per heavy atom. The van der Waals surface area contributed by atoms with Gasteiger partial charge in [0.15, 0.2) is 0 Å². The lowest BCUT2D eigenvalue weighted by atomic mass is 9.74. The fraction of sp³-hybridized carbons (Fsp3) is 0.150. The van der Waals surface area contributed by atoms with Crippen molar-refractivity contribution in [3.63, 3.8) is 0 Å². The van der Waals surface area contributed by atoms with E-state index in [0.717, 1.165) is 29.6 Å². The molecule has 0 fully saturated rings. The fourth-order valence-electron chi connectivity index (χ4n) is 4.13. The largest absolute Gasteiger partial charge is 0.569 e. The molecule has 4 nitrogen and oxygen atoms in total. The van der Waals surface area contributed by atoms with Gasteiger partial charge in [0.2, 0.25) is 0 Å². The first kappa shape index (κ1) is 14.5. The Morgan fingerprint density at radius 1 is 1.04 bits per heavy atom. The van der Waals surface area contributed by atoms with E-state index in [1.165, 1.54) is 16.8 Å². The highest BCUT2D eigenvalue weighted by atomic mass is 16.5. The average Bonchev–Trinajstić information content (AvgIpc) is 2.95. The lowest BCUT2D eigenvalue weighted by Crippen LogP contribution is -2.26. The molecule has 0 aliphatic carbocycles. The molecule has 25 heavy (non-hydrogen) atoms. The molecule has 0 bridgehead atoms. The highest BCUT2D eigenvalue weighted by molar-refractivity contribution is 6.18. The monoisotopic (exact) mass is 327 g/mol. The van der Waals surface area contributed by atoms with Crippen molar-refractivity contribution in [2.24, 2.45) is 0 Å². The summed E-state index contributed by atoms with van der Waals surface area (Å²) < 4.78 is 7.56. The molecule has 0 atom stereocenters. The maximum atomic E-state index is 9.11. The van der Waals surface area contributed by atoms with Crippen LogP contribution >= 0.6 is 0 Å². The Kier molecular flexibility index (Phi) is 2.83. The number of rotatable bonds is 2. The third-order valence-corrected chi connectivity index (χ3v) is 5.28. The summed E-state index contributed by atoms with van der Waals surface area (Å²) >= 11 is 0. The second kappa shape index (κ2) is 4.86. The number of nitrogens with zero attached hydrogens (tertiary/aromatic N) is 2. The van der Waals surface area contributed by atoms with Gasteiger partial charge in [-0.1, -0.05) is 32.0 Å². The van der Waals surface area contributed by atoms with Crippen LogP contribution in [0.4, 0.5) is 0 Å². The van der Waals surface area contributed by atoms with Crippen molar-refractivity contribution in [2.45, 2.75) is 19.3 Å². The minimum atomic E-state index is -0.186. The van der Waals surface area contributed by atoms with Crippen LogP contribution in [0.15, 0.2) is 54.7 Å². The van der Waals surface area contributed by atoms with Gasteiger partial charge in [0.1, 0.15) is 11.4 Å². The van der Waals surface area contributed by atoms with E-state index < -0.39 is 0 Å². The number of benzene rings is 2. The van der Waals surface area contributed by atoms with Gasteiger partial charge in [-0.05, 0) is 41.5 Å². The van der Waals surface area contributed by atoms with E-state index in [1.54, 1.807) is 0 Å². The summed E-state index contributed by atoms with van der Waals surface area (Å²) in [7, 11) is 0.731. The Labute approximate surface area is 146 Å². The summed E-state index contributed by atoms with van der Waals surface area (Å²) in [4.78, 5) is 4.65. The minimum absolute atomic E-state index is 0.186. The lowest BCUT2D eigenvalue weighted by molar-refractivity contribution is 0.453. The van der Waals surface area contributed by atoms with Crippen molar-refractivity contribution < 1.29 is 9.68 Å². The second-order valence-electron chi connectivity index (χ2n) is 6.94. The zero-order valence-electron chi connectivity index (χ0n) is 14.0. The smallest absolute Gasteiger partial charge is 0.537 e. The van der Waals surface area contributed by atoms with Gasteiger partial charge in [0.05, 0.1) is 11.2 Å². The maximum Gasteiger partial charge on any atom is 0.569 e. The Balaban J connectivity index is 2.06. The molecule has 3 heterocycles. The molecule has 1 aliphatic heterocycles. The van der Waals surface area contributed by atoms with Gasteiger partial charge >= 0.3 is 7.69 Å². The van der Waals surface area contributed by atoms with Crippen LogP contribution in [0.2, 0.25) is 0 Å². The number of aromatic nitrogens is 2. The number of hydrogen-bond acceptors (Lipinski definition) is 3. The van der Waals surface area contributed by atoms with Gasteiger partial charge in [-0.3, -0.25) is 4.57 Å². The zero-order valence-corrected chi connectivity index (χ0v) is 14.0. The normalized spacial score (nSPS) is 14.5. The second-order valence-corrected chi connectivity index (χ2v) is 6.94. The van der Waals surface area contributed by atoms with E-state index >= 15 is 0 Å². The molecule has 121 valence electrons. The van der Waals surface area contributed by atoms with Crippen molar-refractivity contribution in [2.75, 3.05) is 0 Å². The maximum absolute atomic E-state index is 9.11. The summed E-state index contributed by atoms with van der Waals surface area (Å²) in [6, 6.07) is 16.5. The Bertz CT molecular complexity index is 1150. The summed E-state index contributed by atoms with van der Waals surface area (Å²) in [5.74, 6) is 0.625. The van der Waals surface area contributed by atoms with Crippen LogP contribution in [-0.2, 0) is 5.41 Å². The van der Waals surface area contributed by atoms with Crippen LogP contribution in [0.5, 0.6) is 5.75 Å². The highest BCUT2D eigenvalue weighted by Crippen LogP contribution is 2.48. The molecule has 1 N–H and O–H groups in total. The van der Waals surface area contributed by atoms with E-state index in [4.69, 9.17) is 9.68 Å². The molecule has 0 saturated heterocycles. The van der Waals surface area contributed by atoms with Crippen LogP contribution in [0, 0.1) is 0 Å². The van der Waals surface area contributed by atoms with Gasteiger partial charge < -0.3 is 9.68 Å². The first-order valence-corrected chi connectivity index (χ1v) is 8.29. The molecule has 0 amide bonds. The van der Waals surface area contributed by atoms with Gasteiger partial charge in [0, 0.05) is 22.4 Å². The van der Waals surface area contributed by atoms with Crippen molar-refractivity contribution in [1.82, 2.24) is 9.55 Å². The van der Waals surface area contributed by atoms with Crippen molar-refractivity contribution >= 4 is 29.6 Å². The van der Waals surface area contributed by atoms with E-state index in [-0.39, 0.29) is 5.41 Å². The molecule has 4 aromatic rings. The van der Waals surface area contributed by atoms with E-state index in [1.807, 2.05) is 24.4 Å². The van der Waals surface area contributed by atoms with E-state index in [2.05, 4.69) is 53.7 Å². The molecule has 0 saturated carbocycles. The molecular formula is C20H16BN2O2. The molecule has 2 aromatic carbocycles. The molecular weight excluding hydrogens is 311 g/mol. The van der Waals surface area contributed by atoms with Gasteiger partial charge in [-0.2, -0.15) is 0 Å². The summed E-state index contributed by atoms with van der Waals surface area (Å²) in [6.45, 7) is 4.45. The number of para-hydroxylation sites is 1. The van der Waals surface area contributed by atoms with Gasteiger partial charge in [-0.25, -0.2) is 4.98 Å². The predicted octanol–water partition coefficient (Wildman–Crippen LogP) is 3.72. The van der Waals surface area contributed by atoms with Crippen LogP contribution in [0.3, 0.4) is 0 Å². The lowest BCUT2D eigenvalue weighted by Gasteiger charge is -2.34. The first-order chi connectivity index (χ1) is 12.1. The third kappa shape index (κ3) is 1.79. The van der Waals surface area contributed by atoms with Gasteiger partial charge in [-0.15, -0.1) is 0 Å². The first-order valence-electron chi connectivity index (χ1n) is 8.29. The van der Waals surface area contributed by atoms with Crippen molar-refractivity contribution in [1.29, 1.82) is 0 Å². The van der Waals surface area contributed by atoms with Gasteiger partial charge in [0.25, 0.3) is 0 Å². The number of pyridine rings is 1. The SMILES string of the molecule is CC1(C)c2ccccc2-n2c3ncccc3c3cc(O[B]O)cc1c32. The minimum Gasteiger partial charge on any atom is -0.537 e. The number of fused-ring (bicyclic) bond motifs is 5. The highest BCUT2D eigenvalue weighted by Gasteiger charge is 2.35. The molecule has 2 aromatic heterocycles. The molecule has 5 heteroatoms. The van der Waals surface area contributed by atoms with E-state index in [9.17, 15) is 0 Å². The summed E-state index contributed by atoms with van der Waals surface area (Å²) in [5, 5.41) is 11.3. The molecule has 0 spiro atoms. The van der Waals surface area contributed by atoms with Crippen LogP contribution < -0.4 is 4.65 Å². The third-order valence-electron chi connectivity index (χ3n) is 5.28. The van der Waals surface area contributed by atoms with Crippen LogP contribution in [0.1, 0.15) is 25.0 Å². The average molecular weight is 327 g/mol. The van der Waals surface area contributed by atoms with E-state index in [0.29, 0.717) is 5.75 Å². The topological polar surface area (TPSA) is 47.3 Å². The quantitative estimate of drug-likeness (QED) is 0.571. The fourth-order valence-corrected chi connectivity index (χ4v) is 4.13. The van der Waals surface area contributed by atoms with Crippen molar-refractivity contribution in [3.8, 4) is 11.4 Å². The Hall–Kier alpha value is -2.79. The van der Waals surface area contributed by atoms with Crippen LogP contribution in [0.25, 0.3) is 27.6 Å².